The van der Waals surface area contributed by atoms with E-state index in [0.717, 1.165) is 6.42 Å². The fourth-order valence-electron chi connectivity index (χ4n) is 3.17. The number of aliphatic carboxylic acids is 1. The first-order valence-corrected chi connectivity index (χ1v) is 10.2. The van der Waals surface area contributed by atoms with Crippen LogP contribution in [0.25, 0.3) is 0 Å². The zero-order valence-electron chi connectivity index (χ0n) is 17.8. The number of nitrogens with one attached hydrogen (secondary N) is 4. The molecule has 11 heteroatoms. The molecule has 1 saturated heterocycles. The van der Waals surface area contributed by atoms with E-state index in [1.165, 1.54) is 13.8 Å². The molecule has 0 saturated carbocycles. The Morgan fingerprint density at radius 1 is 0.933 bits per heavy atom. The summed E-state index contributed by atoms with van der Waals surface area (Å²) in [6, 6.07) is -4.38. The van der Waals surface area contributed by atoms with E-state index in [-0.39, 0.29) is 12.3 Å². The van der Waals surface area contributed by atoms with Crippen LogP contribution in [0.2, 0.25) is 0 Å². The van der Waals surface area contributed by atoms with Crippen molar-refractivity contribution in [3.05, 3.63) is 0 Å². The minimum absolute atomic E-state index is 0.0295. The molecule has 1 aliphatic heterocycles. The van der Waals surface area contributed by atoms with Gasteiger partial charge >= 0.3 is 5.97 Å². The largest absolute Gasteiger partial charge is 0.480 e. The summed E-state index contributed by atoms with van der Waals surface area (Å²) in [7, 11) is 0. The van der Waals surface area contributed by atoms with Crippen LogP contribution in [0.1, 0.15) is 47.0 Å². The Bertz CT molecular complexity index is 618. The van der Waals surface area contributed by atoms with Gasteiger partial charge in [0.2, 0.25) is 17.7 Å². The van der Waals surface area contributed by atoms with Crippen molar-refractivity contribution in [3.63, 3.8) is 0 Å². The van der Waals surface area contributed by atoms with Crippen LogP contribution in [-0.2, 0) is 19.2 Å². The number of aliphatic hydroxyl groups is 2. The number of carboxylic acid groups (broad SMARTS) is 1. The van der Waals surface area contributed by atoms with Gasteiger partial charge in [-0.05, 0) is 45.6 Å². The highest BCUT2D eigenvalue weighted by Gasteiger charge is 2.34. The van der Waals surface area contributed by atoms with Crippen molar-refractivity contribution in [3.8, 4) is 0 Å². The van der Waals surface area contributed by atoms with E-state index in [2.05, 4.69) is 21.3 Å². The minimum atomic E-state index is -1.54. The molecule has 3 amide bonds. The molecule has 0 spiro atoms. The summed E-state index contributed by atoms with van der Waals surface area (Å²) >= 11 is 0. The fourth-order valence-corrected chi connectivity index (χ4v) is 3.17. The van der Waals surface area contributed by atoms with Crippen molar-refractivity contribution >= 4 is 23.7 Å². The van der Waals surface area contributed by atoms with Crippen molar-refractivity contribution < 1.29 is 34.5 Å². The molecule has 1 aliphatic rings. The maximum atomic E-state index is 12.7. The summed E-state index contributed by atoms with van der Waals surface area (Å²) in [6.45, 7) is 6.89. The number of rotatable bonds is 11. The van der Waals surface area contributed by atoms with Gasteiger partial charge in [-0.15, -0.1) is 0 Å². The van der Waals surface area contributed by atoms with Crippen molar-refractivity contribution in [1.29, 1.82) is 0 Å². The van der Waals surface area contributed by atoms with Gasteiger partial charge < -0.3 is 36.6 Å². The maximum Gasteiger partial charge on any atom is 0.328 e. The van der Waals surface area contributed by atoms with Crippen molar-refractivity contribution in [2.24, 2.45) is 5.92 Å². The molecule has 7 N–H and O–H groups in total. The van der Waals surface area contributed by atoms with Crippen LogP contribution in [-0.4, -0.2) is 81.9 Å². The minimum Gasteiger partial charge on any atom is -0.480 e. The molecule has 1 rings (SSSR count). The Hall–Kier alpha value is -2.24. The van der Waals surface area contributed by atoms with E-state index >= 15 is 0 Å². The van der Waals surface area contributed by atoms with Crippen LogP contribution in [0.3, 0.4) is 0 Å². The molecule has 30 heavy (non-hydrogen) atoms. The summed E-state index contributed by atoms with van der Waals surface area (Å²) in [5.74, 6) is -3.40. The number of carboxylic acids is 1. The van der Waals surface area contributed by atoms with E-state index in [4.69, 9.17) is 5.11 Å². The molecular weight excluding hydrogens is 396 g/mol. The van der Waals surface area contributed by atoms with Gasteiger partial charge in [0.15, 0.2) is 6.04 Å². The van der Waals surface area contributed by atoms with Crippen molar-refractivity contribution in [1.82, 2.24) is 21.3 Å². The smallest absolute Gasteiger partial charge is 0.328 e. The van der Waals surface area contributed by atoms with Gasteiger partial charge in [0.25, 0.3) is 0 Å². The second-order valence-electron chi connectivity index (χ2n) is 8.13. The highest BCUT2D eigenvalue weighted by atomic mass is 16.4. The number of aliphatic hydroxyl groups excluding tert-OH is 2. The zero-order chi connectivity index (χ0) is 23.0. The van der Waals surface area contributed by atoms with Crippen LogP contribution < -0.4 is 21.3 Å². The molecule has 1 heterocycles. The first-order valence-electron chi connectivity index (χ1n) is 10.2. The number of carbonyl (C=O) groups is 4. The molecule has 0 aromatic carbocycles. The SMILES string of the molecule is CC(C)CC(NC(=O)C(NC(=O)C1CCCN1)C(C)O)C(=O)NC(C(=O)O)C(C)O. The highest BCUT2D eigenvalue weighted by Crippen LogP contribution is 2.09. The second kappa shape index (κ2) is 11.8. The predicted octanol–water partition coefficient (Wildman–Crippen LogP) is -1.91. The predicted molar refractivity (Wildman–Crippen MR) is 107 cm³/mol. The number of hydrogen-bond donors (Lipinski definition) is 7. The molecule has 0 aliphatic carbocycles. The first kappa shape index (κ1) is 25.8. The van der Waals surface area contributed by atoms with E-state index in [0.29, 0.717) is 13.0 Å². The van der Waals surface area contributed by atoms with Crippen molar-refractivity contribution in [2.45, 2.75) is 83.3 Å². The Balaban J connectivity index is 2.88. The quantitative estimate of drug-likeness (QED) is 0.198. The van der Waals surface area contributed by atoms with Crippen molar-refractivity contribution in [2.75, 3.05) is 6.54 Å². The normalized spacial score (nSPS) is 21.2. The number of carbonyl (C=O) groups excluding carboxylic acids is 3. The third-order valence-corrected chi connectivity index (χ3v) is 4.83. The van der Waals surface area contributed by atoms with Crippen LogP contribution in [0, 0.1) is 5.92 Å². The standard InChI is InChI=1S/C19H34N4O7/c1-9(2)8-13(17(27)23-15(11(4)25)19(29)30)21-18(28)14(10(3)24)22-16(26)12-6-5-7-20-12/h9-15,20,24-25H,5-8H2,1-4H3,(H,21,28)(H,22,26)(H,23,27)(H,29,30). The van der Waals surface area contributed by atoms with Gasteiger partial charge in [0, 0.05) is 0 Å². The van der Waals surface area contributed by atoms with Gasteiger partial charge in [-0.1, -0.05) is 13.8 Å². The topological polar surface area (TPSA) is 177 Å². The summed E-state index contributed by atoms with van der Waals surface area (Å²) in [4.78, 5) is 48.9. The summed E-state index contributed by atoms with van der Waals surface area (Å²) in [6.07, 6.45) is -0.927. The molecule has 172 valence electrons. The van der Waals surface area contributed by atoms with Gasteiger partial charge in [-0.2, -0.15) is 0 Å². The Kier molecular flexibility index (Phi) is 10.2. The van der Waals surface area contributed by atoms with Crippen LogP contribution in [0.4, 0.5) is 0 Å². The van der Waals surface area contributed by atoms with Crippen LogP contribution in [0.5, 0.6) is 0 Å². The molecule has 0 radical (unpaired) electrons. The molecule has 0 aromatic rings. The third-order valence-electron chi connectivity index (χ3n) is 4.83. The monoisotopic (exact) mass is 430 g/mol. The molecule has 0 bridgehead atoms. The summed E-state index contributed by atoms with van der Waals surface area (Å²) in [5, 5.41) is 38.9. The van der Waals surface area contributed by atoms with Gasteiger partial charge in [-0.25, -0.2) is 4.79 Å². The third kappa shape index (κ3) is 7.88. The lowest BCUT2D eigenvalue weighted by atomic mass is 10.0. The Morgan fingerprint density at radius 3 is 1.97 bits per heavy atom. The van der Waals surface area contributed by atoms with Crippen LogP contribution in [0.15, 0.2) is 0 Å². The zero-order valence-corrected chi connectivity index (χ0v) is 17.8. The molecule has 11 nitrogen and oxygen atoms in total. The number of hydrogen-bond acceptors (Lipinski definition) is 7. The Morgan fingerprint density at radius 2 is 1.53 bits per heavy atom. The maximum absolute atomic E-state index is 12.7. The van der Waals surface area contributed by atoms with Gasteiger partial charge in [0.05, 0.1) is 18.2 Å². The molecular formula is C19H34N4O7. The Labute approximate surface area is 176 Å². The van der Waals surface area contributed by atoms with E-state index < -0.39 is 60.1 Å². The lowest BCUT2D eigenvalue weighted by molar-refractivity contribution is -0.145. The average molecular weight is 431 g/mol. The first-order chi connectivity index (χ1) is 13.9. The lowest BCUT2D eigenvalue weighted by Crippen LogP contribution is -2.60. The summed E-state index contributed by atoms with van der Waals surface area (Å²) in [5.41, 5.74) is 0. The molecule has 0 aromatic heterocycles. The van der Waals surface area contributed by atoms with Gasteiger partial charge in [0.1, 0.15) is 12.1 Å². The summed E-state index contributed by atoms with van der Waals surface area (Å²) < 4.78 is 0. The van der Waals surface area contributed by atoms with E-state index in [9.17, 15) is 29.4 Å². The molecule has 6 atom stereocenters. The molecule has 1 fully saturated rings. The average Bonchev–Trinajstić information content (AvgIpc) is 3.16. The highest BCUT2D eigenvalue weighted by molar-refractivity contribution is 5.94. The fraction of sp³-hybridized carbons (Fsp3) is 0.789. The van der Waals surface area contributed by atoms with E-state index in [1.54, 1.807) is 0 Å². The molecule has 6 unspecified atom stereocenters. The lowest BCUT2D eigenvalue weighted by Gasteiger charge is -2.27. The van der Waals surface area contributed by atoms with Crippen LogP contribution >= 0.6 is 0 Å². The number of amides is 3. The van der Waals surface area contributed by atoms with Gasteiger partial charge in [-0.3, -0.25) is 14.4 Å². The van der Waals surface area contributed by atoms with E-state index in [1.807, 2.05) is 13.8 Å². The second-order valence-corrected chi connectivity index (χ2v) is 8.13.